The van der Waals surface area contributed by atoms with Crippen molar-refractivity contribution in [3.8, 4) is 0 Å². The third-order valence-electron chi connectivity index (χ3n) is 6.07. The topological polar surface area (TPSA) is 52.7 Å². The number of nitrogens with zero attached hydrogens (tertiary/aromatic N) is 2. The summed E-state index contributed by atoms with van der Waals surface area (Å²) in [7, 11) is 1.57. The molecule has 3 aliphatic rings. The molecule has 2 saturated heterocycles. The van der Waals surface area contributed by atoms with E-state index in [0.29, 0.717) is 0 Å². The van der Waals surface area contributed by atoms with E-state index in [1.165, 1.54) is 37.0 Å². The summed E-state index contributed by atoms with van der Waals surface area (Å²) in [5.41, 5.74) is -0.710. The SMILES string of the molecule is CN1C(=O)N[C@](C)([C@@H]2CCCN(CCC3CCCC3)C2)C1=O. The zero-order valence-electron chi connectivity index (χ0n) is 13.9. The van der Waals surface area contributed by atoms with Gasteiger partial charge in [-0.1, -0.05) is 25.7 Å². The summed E-state index contributed by atoms with van der Waals surface area (Å²) in [5.74, 6) is 1.07. The first kappa shape index (κ1) is 15.8. The average Bonchev–Trinajstić information content (AvgIpc) is 3.10. The van der Waals surface area contributed by atoms with Gasteiger partial charge < -0.3 is 10.2 Å². The maximum absolute atomic E-state index is 12.4. The Bertz CT molecular complexity index is 447. The van der Waals surface area contributed by atoms with Gasteiger partial charge in [-0.15, -0.1) is 0 Å². The normalized spacial score (nSPS) is 34.5. The van der Waals surface area contributed by atoms with Crippen molar-refractivity contribution in [3.05, 3.63) is 0 Å². The third kappa shape index (κ3) is 2.87. The molecule has 5 heteroatoms. The number of carbonyl (C=O) groups excluding carboxylic acids is 2. The van der Waals surface area contributed by atoms with E-state index in [1.54, 1.807) is 7.05 Å². The molecule has 124 valence electrons. The lowest BCUT2D eigenvalue weighted by molar-refractivity contribution is -0.132. The summed E-state index contributed by atoms with van der Waals surface area (Å²) in [4.78, 5) is 28.0. The van der Waals surface area contributed by atoms with E-state index in [1.807, 2.05) is 6.92 Å². The maximum Gasteiger partial charge on any atom is 0.324 e. The fourth-order valence-corrected chi connectivity index (χ4v) is 4.47. The number of imide groups is 1. The van der Waals surface area contributed by atoms with Gasteiger partial charge in [0.2, 0.25) is 0 Å². The van der Waals surface area contributed by atoms with Gasteiger partial charge >= 0.3 is 6.03 Å². The Morgan fingerprint density at radius 3 is 2.55 bits per heavy atom. The third-order valence-corrected chi connectivity index (χ3v) is 6.07. The molecule has 2 aliphatic heterocycles. The summed E-state index contributed by atoms with van der Waals surface area (Å²) in [6.45, 7) is 5.12. The van der Waals surface area contributed by atoms with Gasteiger partial charge in [-0.25, -0.2) is 4.79 Å². The first-order valence-corrected chi connectivity index (χ1v) is 8.83. The van der Waals surface area contributed by atoms with E-state index in [9.17, 15) is 9.59 Å². The van der Waals surface area contributed by atoms with Gasteiger partial charge in [-0.3, -0.25) is 9.69 Å². The minimum absolute atomic E-state index is 0.0693. The Morgan fingerprint density at radius 2 is 1.91 bits per heavy atom. The molecule has 2 heterocycles. The van der Waals surface area contributed by atoms with Crippen LogP contribution in [0.3, 0.4) is 0 Å². The van der Waals surface area contributed by atoms with Crippen molar-refractivity contribution in [2.24, 2.45) is 11.8 Å². The monoisotopic (exact) mass is 307 g/mol. The summed E-state index contributed by atoms with van der Waals surface area (Å²) < 4.78 is 0. The van der Waals surface area contributed by atoms with Crippen LogP contribution >= 0.6 is 0 Å². The van der Waals surface area contributed by atoms with Crippen molar-refractivity contribution < 1.29 is 9.59 Å². The highest BCUT2D eigenvalue weighted by molar-refractivity contribution is 6.06. The Morgan fingerprint density at radius 1 is 1.18 bits per heavy atom. The number of urea groups is 1. The van der Waals surface area contributed by atoms with Crippen molar-refractivity contribution in [2.75, 3.05) is 26.7 Å². The van der Waals surface area contributed by atoms with Crippen LogP contribution in [0.2, 0.25) is 0 Å². The molecule has 1 aliphatic carbocycles. The number of piperidine rings is 1. The molecular formula is C17H29N3O2. The smallest absolute Gasteiger partial charge is 0.323 e. The number of rotatable bonds is 4. The molecule has 3 amide bonds. The standard InChI is InChI=1S/C17H29N3O2/c1-17(15(21)19(2)16(22)18-17)14-8-5-10-20(12-14)11-9-13-6-3-4-7-13/h13-14H,3-12H2,1-2H3,(H,18,22)/t14-,17-/m1/s1. The predicted octanol–water partition coefficient (Wildman–Crippen LogP) is 2.22. The molecule has 1 saturated carbocycles. The van der Waals surface area contributed by atoms with Crippen LogP contribution in [-0.2, 0) is 4.79 Å². The fourth-order valence-electron chi connectivity index (χ4n) is 4.47. The van der Waals surface area contributed by atoms with Crippen LogP contribution < -0.4 is 5.32 Å². The van der Waals surface area contributed by atoms with Crippen LogP contribution in [0, 0.1) is 11.8 Å². The van der Waals surface area contributed by atoms with Gasteiger partial charge in [0.05, 0.1) is 0 Å². The molecule has 0 aromatic carbocycles. The number of carbonyl (C=O) groups is 2. The molecule has 0 aromatic rings. The van der Waals surface area contributed by atoms with Gasteiger partial charge in [0.25, 0.3) is 5.91 Å². The average molecular weight is 307 g/mol. The van der Waals surface area contributed by atoms with Gasteiger partial charge in [0.15, 0.2) is 0 Å². The van der Waals surface area contributed by atoms with Gasteiger partial charge in [-0.2, -0.15) is 0 Å². The van der Waals surface area contributed by atoms with Gasteiger partial charge in [0, 0.05) is 19.5 Å². The van der Waals surface area contributed by atoms with Crippen LogP contribution in [-0.4, -0.2) is 54.0 Å². The minimum Gasteiger partial charge on any atom is -0.323 e. The molecule has 22 heavy (non-hydrogen) atoms. The van der Waals surface area contributed by atoms with Crippen LogP contribution in [0.15, 0.2) is 0 Å². The number of hydrogen-bond acceptors (Lipinski definition) is 3. The minimum atomic E-state index is -0.710. The molecule has 0 bridgehead atoms. The summed E-state index contributed by atoms with van der Waals surface area (Å²) >= 11 is 0. The van der Waals surface area contributed by atoms with Crippen LogP contribution in [0.5, 0.6) is 0 Å². The Hall–Kier alpha value is -1.10. The fraction of sp³-hybridized carbons (Fsp3) is 0.882. The first-order valence-electron chi connectivity index (χ1n) is 8.83. The highest BCUT2D eigenvalue weighted by atomic mass is 16.2. The lowest BCUT2D eigenvalue weighted by Gasteiger charge is -2.40. The number of likely N-dealkylation sites (N-methyl/N-ethyl adjacent to an activating group) is 1. The summed E-state index contributed by atoms with van der Waals surface area (Å²) in [5, 5.41) is 2.93. The second-order valence-electron chi connectivity index (χ2n) is 7.58. The highest BCUT2D eigenvalue weighted by Crippen LogP contribution is 2.33. The zero-order valence-corrected chi connectivity index (χ0v) is 13.9. The van der Waals surface area contributed by atoms with Crippen LogP contribution in [0.4, 0.5) is 4.79 Å². The van der Waals surface area contributed by atoms with Crippen molar-refractivity contribution in [2.45, 2.75) is 57.4 Å². The molecule has 5 nitrogen and oxygen atoms in total. The van der Waals surface area contributed by atoms with E-state index >= 15 is 0 Å². The molecular weight excluding hydrogens is 278 g/mol. The molecule has 0 aromatic heterocycles. The molecule has 3 rings (SSSR count). The van der Waals surface area contributed by atoms with Crippen LogP contribution in [0.25, 0.3) is 0 Å². The molecule has 1 N–H and O–H groups in total. The van der Waals surface area contributed by atoms with E-state index in [4.69, 9.17) is 0 Å². The van der Waals surface area contributed by atoms with Crippen molar-refractivity contribution in [1.29, 1.82) is 0 Å². The molecule has 0 radical (unpaired) electrons. The quantitative estimate of drug-likeness (QED) is 0.810. The summed E-state index contributed by atoms with van der Waals surface area (Å²) in [6.07, 6.45) is 9.04. The number of hydrogen-bond donors (Lipinski definition) is 1. The number of nitrogens with one attached hydrogen (secondary N) is 1. The largest absolute Gasteiger partial charge is 0.324 e. The van der Waals surface area contributed by atoms with E-state index in [-0.39, 0.29) is 17.9 Å². The van der Waals surface area contributed by atoms with E-state index in [2.05, 4.69) is 10.2 Å². The first-order chi connectivity index (χ1) is 10.5. The van der Waals surface area contributed by atoms with E-state index in [0.717, 1.165) is 38.4 Å². The molecule has 0 spiro atoms. The second-order valence-corrected chi connectivity index (χ2v) is 7.58. The maximum atomic E-state index is 12.4. The van der Waals surface area contributed by atoms with Crippen molar-refractivity contribution in [3.63, 3.8) is 0 Å². The molecule has 3 fully saturated rings. The van der Waals surface area contributed by atoms with E-state index < -0.39 is 5.54 Å². The Balaban J connectivity index is 1.58. The Labute approximate surface area is 133 Å². The lowest BCUT2D eigenvalue weighted by atomic mass is 9.80. The second kappa shape index (κ2) is 6.19. The van der Waals surface area contributed by atoms with Gasteiger partial charge in [0.1, 0.15) is 5.54 Å². The molecule has 0 unspecified atom stereocenters. The zero-order chi connectivity index (χ0) is 15.7. The van der Waals surface area contributed by atoms with Crippen molar-refractivity contribution >= 4 is 11.9 Å². The van der Waals surface area contributed by atoms with Gasteiger partial charge in [-0.05, 0) is 45.2 Å². The summed E-state index contributed by atoms with van der Waals surface area (Å²) in [6, 6.07) is -0.254. The number of likely N-dealkylation sites (tertiary alicyclic amines) is 1. The highest BCUT2D eigenvalue weighted by Gasteiger charge is 2.51. The lowest BCUT2D eigenvalue weighted by Crippen LogP contribution is -2.55. The Kier molecular flexibility index (Phi) is 4.44. The predicted molar refractivity (Wildman–Crippen MR) is 85.4 cm³/mol. The molecule has 2 atom stereocenters. The van der Waals surface area contributed by atoms with Crippen molar-refractivity contribution in [1.82, 2.24) is 15.1 Å². The number of amides is 3. The van der Waals surface area contributed by atoms with Crippen LogP contribution in [0.1, 0.15) is 51.9 Å².